The van der Waals surface area contributed by atoms with Crippen LogP contribution < -0.4 is 0 Å². The van der Waals surface area contributed by atoms with Crippen molar-refractivity contribution >= 4 is 36.1 Å². The van der Waals surface area contributed by atoms with E-state index in [1.54, 1.807) is 17.7 Å². The van der Waals surface area contributed by atoms with Gasteiger partial charge in [-0.25, -0.2) is 8.42 Å². The van der Waals surface area contributed by atoms with Gasteiger partial charge in [0.15, 0.2) is 0 Å². The predicted octanol–water partition coefficient (Wildman–Crippen LogP) is 8.63. The molecule has 6 rings (SSSR count). The molecule has 0 radical (unpaired) electrons. The Morgan fingerprint density at radius 3 is 2.11 bits per heavy atom. The van der Waals surface area contributed by atoms with Crippen LogP contribution in [0.5, 0.6) is 0 Å². The van der Waals surface area contributed by atoms with Gasteiger partial charge >= 0.3 is 0 Å². The summed E-state index contributed by atoms with van der Waals surface area (Å²) in [6.07, 6.45) is 13.5. The van der Waals surface area contributed by atoms with E-state index in [-0.39, 0.29) is 15.7 Å². The summed E-state index contributed by atoms with van der Waals surface area (Å²) in [7, 11) is 1.77. The second-order valence-electron chi connectivity index (χ2n) is 11.2. The fraction of sp³-hybridized carbons (Fsp3) is 0.312. The van der Waals surface area contributed by atoms with E-state index < -0.39 is 9.05 Å². The molecule has 3 aromatic carbocycles. The Hall–Kier alpha value is -2.62. The highest BCUT2D eigenvalue weighted by Crippen LogP contribution is 2.41. The molecule has 3 aliphatic carbocycles. The lowest BCUT2D eigenvalue weighted by atomic mass is 9.68. The standard InChI is InChI=1S/C18H15ClO2S.C14H18/c19-22(20,21)14-7-10-16-13(11-14)6-9-17-15-4-2-1-3-12(15)5-8-18(16)17;1-13(2)9-10-14(3,4)12-8-6-5-7-11(12)13/h2,4,6-7,9-11H,1,3,5,8H2;5-10H,1-4H3. The van der Waals surface area contributed by atoms with Gasteiger partial charge in [0.05, 0.1) is 4.90 Å². The third-order valence-electron chi connectivity index (χ3n) is 7.86. The second-order valence-corrected chi connectivity index (χ2v) is 13.8. The Balaban J connectivity index is 0.000000165. The summed E-state index contributed by atoms with van der Waals surface area (Å²) in [6, 6.07) is 18.0. The third-order valence-corrected chi connectivity index (χ3v) is 9.21. The largest absolute Gasteiger partial charge is 0.261 e. The van der Waals surface area contributed by atoms with Crippen LogP contribution >= 0.6 is 10.7 Å². The molecule has 0 unspecified atom stereocenters. The smallest absolute Gasteiger partial charge is 0.207 e. The first kappa shape index (κ1) is 25.0. The zero-order valence-electron chi connectivity index (χ0n) is 21.4. The van der Waals surface area contributed by atoms with Gasteiger partial charge in [-0.2, -0.15) is 0 Å². The molecule has 4 heteroatoms. The Bertz CT molecular complexity index is 1520. The van der Waals surface area contributed by atoms with Crippen molar-refractivity contribution in [2.75, 3.05) is 0 Å². The molecule has 3 aromatic rings. The van der Waals surface area contributed by atoms with Gasteiger partial charge in [-0.15, -0.1) is 0 Å². The summed E-state index contributed by atoms with van der Waals surface area (Å²) in [5.74, 6) is 0. The van der Waals surface area contributed by atoms with Gasteiger partial charge in [0.1, 0.15) is 0 Å². The normalized spacial score (nSPS) is 19.1. The minimum Gasteiger partial charge on any atom is -0.207 e. The summed E-state index contributed by atoms with van der Waals surface area (Å²) < 4.78 is 23.0. The molecule has 186 valence electrons. The van der Waals surface area contributed by atoms with Crippen LogP contribution in [0.4, 0.5) is 0 Å². The van der Waals surface area contributed by atoms with Gasteiger partial charge in [-0.1, -0.05) is 100 Å². The number of hydrogen-bond acceptors (Lipinski definition) is 2. The topological polar surface area (TPSA) is 34.1 Å². The minimum absolute atomic E-state index is 0.162. The van der Waals surface area contributed by atoms with Crippen molar-refractivity contribution in [3.8, 4) is 0 Å². The Morgan fingerprint density at radius 1 is 0.806 bits per heavy atom. The molecule has 36 heavy (non-hydrogen) atoms. The highest BCUT2D eigenvalue weighted by atomic mass is 35.7. The Morgan fingerprint density at radius 2 is 1.47 bits per heavy atom. The highest BCUT2D eigenvalue weighted by Gasteiger charge is 2.31. The monoisotopic (exact) mass is 516 g/mol. The van der Waals surface area contributed by atoms with E-state index >= 15 is 0 Å². The molecule has 0 N–H and O–H groups in total. The first-order chi connectivity index (χ1) is 17.0. The lowest BCUT2D eigenvalue weighted by molar-refractivity contribution is 0.563. The van der Waals surface area contributed by atoms with Gasteiger partial charge in [0.25, 0.3) is 9.05 Å². The molecule has 0 atom stereocenters. The maximum atomic E-state index is 11.5. The van der Waals surface area contributed by atoms with Crippen molar-refractivity contribution in [1.29, 1.82) is 0 Å². The summed E-state index contributed by atoms with van der Waals surface area (Å²) >= 11 is 0. The number of rotatable bonds is 1. The van der Waals surface area contributed by atoms with Crippen molar-refractivity contribution in [3.63, 3.8) is 0 Å². The molecule has 3 aliphatic rings. The predicted molar refractivity (Wildman–Crippen MR) is 152 cm³/mol. The number of allylic oxidation sites excluding steroid dienone is 6. The van der Waals surface area contributed by atoms with Gasteiger partial charge in [-0.05, 0) is 76.4 Å². The summed E-state index contributed by atoms with van der Waals surface area (Å²) in [6.45, 7) is 9.10. The van der Waals surface area contributed by atoms with Crippen molar-refractivity contribution < 1.29 is 8.42 Å². The first-order valence-corrected chi connectivity index (χ1v) is 15.0. The lowest BCUT2D eigenvalue weighted by Crippen LogP contribution is -2.28. The summed E-state index contributed by atoms with van der Waals surface area (Å²) in [5, 5.41) is 2.07. The van der Waals surface area contributed by atoms with Crippen molar-refractivity contribution in [2.45, 2.75) is 69.1 Å². The van der Waals surface area contributed by atoms with Gasteiger partial charge in [-0.3, -0.25) is 0 Å². The molecule has 2 nitrogen and oxygen atoms in total. The fourth-order valence-corrected chi connectivity index (χ4v) is 6.56. The van der Waals surface area contributed by atoms with Crippen LogP contribution in [0.3, 0.4) is 0 Å². The van der Waals surface area contributed by atoms with Gasteiger partial charge < -0.3 is 0 Å². The van der Waals surface area contributed by atoms with Crippen molar-refractivity contribution in [2.24, 2.45) is 0 Å². The SMILES string of the molecule is CC1(C)C=CC(C)(C)c2ccccc21.O=S(=O)(Cl)c1ccc2c3c(ccc2c1)C1=C(CCC=C1)CC3. The minimum atomic E-state index is -3.68. The Kier molecular flexibility index (Phi) is 6.29. The van der Waals surface area contributed by atoms with Crippen molar-refractivity contribution in [3.05, 3.63) is 107 Å². The molecule has 0 saturated heterocycles. The molecular formula is C32H33ClO2S. The number of fused-ring (bicyclic) bond motifs is 5. The zero-order valence-corrected chi connectivity index (χ0v) is 23.0. The van der Waals surface area contributed by atoms with E-state index in [1.807, 2.05) is 12.1 Å². The third kappa shape index (κ3) is 4.60. The average Bonchev–Trinajstić information content (AvgIpc) is 2.86. The number of aryl methyl sites for hydroxylation is 1. The van der Waals surface area contributed by atoms with Crippen LogP contribution in [0, 0.1) is 0 Å². The lowest BCUT2D eigenvalue weighted by Gasteiger charge is -2.36. The van der Waals surface area contributed by atoms with E-state index in [9.17, 15) is 8.42 Å². The molecule has 0 spiro atoms. The van der Waals surface area contributed by atoms with Crippen LogP contribution in [-0.4, -0.2) is 8.42 Å². The molecule has 0 amide bonds. The number of halogens is 1. The van der Waals surface area contributed by atoms with Crippen LogP contribution in [0.25, 0.3) is 16.3 Å². The average molecular weight is 517 g/mol. The second kappa shape index (κ2) is 9.04. The molecule has 0 bridgehead atoms. The van der Waals surface area contributed by atoms with E-state index in [0.29, 0.717) is 0 Å². The maximum Gasteiger partial charge on any atom is 0.261 e. The molecule has 0 heterocycles. The van der Waals surface area contributed by atoms with Gasteiger partial charge in [0, 0.05) is 21.5 Å². The molecular weight excluding hydrogens is 484 g/mol. The van der Waals surface area contributed by atoms with Crippen molar-refractivity contribution in [1.82, 2.24) is 0 Å². The quantitative estimate of drug-likeness (QED) is 0.239. The zero-order chi connectivity index (χ0) is 25.7. The molecule has 0 aromatic heterocycles. The van der Waals surface area contributed by atoms with E-state index in [4.69, 9.17) is 10.7 Å². The Labute approximate surface area is 219 Å². The van der Waals surface area contributed by atoms with Crippen LogP contribution in [0.1, 0.15) is 69.2 Å². The van der Waals surface area contributed by atoms with Gasteiger partial charge in [0.2, 0.25) is 0 Å². The van der Waals surface area contributed by atoms with Crippen LogP contribution in [0.2, 0.25) is 0 Å². The molecule has 0 fully saturated rings. The first-order valence-electron chi connectivity index (χ1n) is 12.7. The fourth-order valence-electron chi connectivity index (χ4n) is 5.78. The maximum absolute atomic E-state index is 11.5. The van der Waals surface area contributed by atoms with E-state index in [0.717, 1.165) is 36.5 Å². The van der Waals surface area contributed by atoms with Crippen LogP contribution in [-0.2, 0) is 26.3 Å². The van der Waals surface area contributed by atoms with Crippen LogP contribution in [0.15, 0.2) is 89.4 Å². The molecule has 0 saturated carbocycles. The number of hydrogen-bond donors (Lipinski definition) is 0. The molecule has 0 aliphatic heterocycles. The summed E-state index contributed by atoms with van der Waals surface area (Å²) in [4.78, 5) is 0.162. The van der Waals surface area contributed by atoms with E-state index in [1.165, 1.54) is 27.8 Å². The summed E-state index contributed by atoms with van der Waals surface area (Å²) in [5.41, 5.74) is 8.84. The van der Waals surface area contributed by atoms with E-state index in [2.05, 4.69) is 82.3 Å². The number of benzene rings is 3. The highest BCUT2D eigenvalue weighted by molar-refractivity contribution is 8.13.